The van der Waals surface area contributed by atoms with Crippen molar-refractivity contribution in [2.45, 2.75) is 17.6 Å². The van der Waals surface area contributed by atoms with Gasteiger partial charge in [0.1, 0.15) is 5.82 Å². The maximum Gasteiger partial charge on any atom is 0.221 e. The zero-order valence-corrected chi connectivity index (χ0v) is 12.9. The number of carbonyl (C=O) groups excluding carboxylic acids is 2. The van der Waals surface area contributed by atoms with Gasteiger partial charge in [-0.05, 0) is 24.3 Å². The van der Waals surface area contributed by atoms with Crippen molar-refractivity contribution < 1.29 is 22.4 Å². The Labute approximate surface area is 132 Å². The number of hydrogen-bond acceptors (Lipinski definition) is 4. The van der Waals surface area contributed by atoms with Crippen LogP contribution < -0.4 is 5.32 Å². The van der Waals surface area contributed by atoms with Gasteiger partial charge in [0.2, 0.25) is 5.91 Å². The molecule has 0 unspecified atom stereocenters. The highest BCUT2D eigenvalue weighted by Gasteiger charge is 2.32. The third-order valence-corrected chi connectivity index (χ3v) is 5.26. The summed E-state index contributed by atoms with van der Waals surface area (Å²) < 4.78 is 39.1. The Morgan fingerprint density at radius 3 is 2.61 bits per heavy atom. The first kappa shape index (κ1) is 15.4. The normalized spacial score (nSPS) is 15.3. The van der Waals surface area contributed by atoms with Crippen LogP contribution in [0.3, 0.4) is 0 Å². The van der Waals surface area contributed by atoms with Crippen molar-refractivity contribution in [3.63, 3.8) is 0 Å². The van der Waals surface area contributed by atoms with Crippen LogP contribution >= 0.6 is 0 Å². The number of nitrogens with one attached hydrogen (secondary N) is 1. The molecule has 3 rings (SSSR count). The number of fused-ring (bicyclic) bond motifs is 2. The molecule has 1 aliphatic heterocycles. The SMILES string of the molecule is CC(=O)Nc1ccc2c(c1)S(=O)(=O)Cc1c(F)cccc1C2=O. The van der Waals surface area contributed by atoms with E-state index in [9.17, 15) is 22.4 Å². The van der Waals surface area contributed by atoms with Gasteiger partial charge in [0.05, 0.1) is 10.6 Å². The number of hydrogen-bond donors (Lipinski definition) is 1. The monoisotopic (exact) mass is 333 g/mol. The van der Waals surface area contributed by atoms with Crippen molar-refractivity contribution in [2.24, 2.45) is 0 Å². The van der Waals surface area contributed by atoms with E-state index in [2.05, 4.69) is 5.32 Å². The summed E-state index contributed by atoms with van der Waals surface area (Å²) in [6, 6.07) is 7.91. The van der Waals surface area contributed by atoms with Crippen LogP contribution in [0, 0.1) is 5.82 Å². The van der Waals surface area contributed by atoms with Crippen LogP contribution in [-0.2, 0) is 20.4 Å². The Kier molecular flexibility index (Phi) is 3.52. The van der Waals surface area contributed by atoms with Gasteiger partial charge in [-0.3, -0.25) is 9.59 Å². The predicted molar refractivity (Wildman–Crippen MR) is 81.5 cm³/mol. The molecule has 1 aliphatic rings. The molecular weight excluding hydrogens is 321 g/mol. The molecule has 0 saturated heterocycles. The van der Waals surface area contributed by atoms with E-state index in [-0.39, 0.29) is 33.2 Å². The van der Waals surface area contributed by atoms with Gasteiger partial charge in [0, 0.05) is 29.3 Å². The fourth-order valence-corrected chi connectivity index (χ4v) is 4.21. The minimum atomic E-state index is -3.92. The lowest BCUT2D eigenvalue weighted by atomic mass is 9.98. The highest BCUT2D eigenvalue weighted by molar-refractivity contribution is 7.90. The quantitative estimate of drug-likeness (QED) is 0.868. The summed E-state index contributed by atoms with van der Waals surface area (Å²) in [4.78, 5) is 23.5. The van der Waals surface area contributed by atoms with Crippen LogP contribution in [0.15, 0.2) is 41.3 Å². The Balaban J connectivity index is 2.26. The molecule has 0 spiro atoms. The largest absolute Gasteiger partial charge is 0.326 e. The Bertz CT molecular complexity index is 951. The molecule has 23 heavy (non-hydrogen) atoms. The topological polar surface area (TPSA) is 80.3 Å². The van der Waals surface area contributed by atoms with E-state index in [1.165, 1.54) is 37.3 Å². The predicted octanol–water partition coefficient (Wildman–Crippen LogP) is 2.30. The van der Waals surface area contributed by atoms with Crippen molar-refractivity contribution in [2.75, 3.05) is 5.32 Å². The molecule has 7 heteroatoms. The maximum atomic E-state index is 14.0. The van der Waals surface area contributed by atoms with Crippen molar-refractivity contribution in [1.82, 2.24) is 0 Å². The number of carbonyl (C=O) groups is 2. The first-order valence-electron chi connectivity index (χ1n) is 6.76. The maximum absolute atomic E-state index is 14.0. The molecule has 5 nitrogen and oxygen atoms in total. The highest BCUT2D eigenvalue weighted by atomic mass is 32.2. The van der Waals surface area contributed by atoms with E-state index in [1.54, 1.807) is 0 Å². The fourth-order valence-electron chi connectivity index (χ4n) is 2.58. The number of benzene rings is 2. The number of amides is 1. The van der Waals surface area contributed by atoms with E-state index >= 15 is 0 Å². The first-order valence-corrected chi connectivity index (χ1v) is 8.41. The van der Waals surface area contributed by atoms with Crippen LogP contribution in [-0.4, -0.2) is 20.1 Å². The van der Waals surface area contributed by atoms with Crippen molar-refractivity contribution in [3.05, 3.63) is 58.9 Å². The van der Waals surface area contributed by atoms with Gasteiger partial charge in [-0.25, -0.2) is 12.8 Å². The lowest BCUT2D eigenvalue weighted by Crippen LogP contribution is -2.10. The zero-order valence-electron chi connectivity index (χ0n) is 12.1. The number of halogens is 1. The molecule has 2 aromatic rings. The van der Waals surface area contributed by atoms with E-state index in [4.69, 9.17) is 0 Å². The number of rotatable bonds is 1. The van der Waals surface area contributed by atoms with E-state index in [0.29, 0.717) is 0 Å². The number of anilines is 1. The van der Waals surface area contributed by atoms with E-state index < -0.39 is 27.2 Å². The van der Waals surface area contributed by atoms with Crippen molar-refractivity contribution in [1.29, 1.82) is 0 Å². The molecule has 1 N–H and O–H groups in total. The molecule has 0 radical (unpaired) electrons. The van der Waals surface area contributed by atoms with Crippen LogP contribution in [0.2, 0.25) is 0 Å². The number of ketones is 1. The zero-order chi connectivity index (χ0) is 16.8. The standard InChI is InChI=1S/C16H12FNO4S/c1-9(19)18-10-5-6-12-15(7-10)23(21,22)8-13-11(16(12)20)3-2-4-14(13)17/h2-7H,8H2,1H3,(H,18,19). The summed E-state index contributed by atoms with van der Waals surface area (Å²) in [5, 5.41) is 2.47. The molecule has 118 valence electrons. The second-order valence-electron chi connectivity index (χ2n) is 5.25. The number of sulfone groups is 1. The van der Waals surface area contributed by atoms with Crippen molar-refractivity contribution >= 4 is 27.2 Å². The van der Waals surface area contributed by atoms with Gasteiger partial charge in [-0.1, -0.05) is 12.1 Å². The first-order chi connectivity index (χ1) is 10.8. The summed E-state index contributed by atoms with van der Waals surface area (Å²) in [6.07, 6.45) is 0. The molecule has 0 bridgehead atoms. The summed E-state index contributed by atoms with van der Waals surface area (Å²) in [5.74, 6) is -2.24. The van der Waals surface area contributed by atoms with Crippen LogP contribution in [0.5, 0.6) is 0 Å². The minimum absolute atomic E-state index is 0.0246. The summed E-state index contributed by atoms with van der Waals surface area (Å²) in [5.41, 5.74) is 0.150. The van der Waals surface area contributed by atoms with Gasteiger partial charge in [-0.15, -0.1) is 0 Å². The van der Waals surface area contributed by atoms with Gasteiger partial charge < -0.3 is 5.32 Å². The second kappa shape index (κ2) is 5.27. The van der Waals surface area contributed by atoms with Gasteiger partial charge in [0.25, 0.3) is 0 Å². The van der Waals surface area contributed by atoms with Crippen molar-refractivity contribution in [3.8, 4) is 0 Å². The third-order valence-electron chi connectivity index (χ3n) is 3.58. The smallest absolute Gasteiger partial charge is 0.221 e. The summed E-state index contributed by atoms with van der Waals surface area (Å²) >= 11 is 0. The van der Waals surface area contributed by atoms with Crippen LogP contribution in [0.4, 0.5) is 10.1 Å². The van der Waals surface area contributed by atoms with E-state index in [0.717, 1.165) is 6.07 Å². The second-order valence-corrected chi connectivity index (χ2v) is 7.20. The lowest BCUT2D eigenvalue weighted by Gasteiger charge is -2.08. The summed E-state index contributed by atoms with van der Waals surface area (Å²) in [6.45, 7) is 1.29. The van der Waals surface area contributed by atoms with Gasteiger partial charge in [-0.2, -0.15) is 0 Å². The van der Waals surface area contributed by atoms with E-state index in [1.807, 2.05) is 0 Å². The molecule has 0 atom stereocenters. The van der Waals surface area contributed by atoms with Crippen LogP contribution in [0.1, 0.15) is 28.4 Å². The van der Waals surface area contributed by atoms with Crippen LogP contribution in [0.25, 0.3) is 0 Å². The molecular formula is C16H12FNO4S. The lowest BCUT2D eigenvalue weighted by molar-refractivity contribution is -0.114. The molecule has 0 saturated carbocycles. The van der Waals surface area contributed by atoms with Gasteiger partial charge in [0.15, 0.2) is 15.6 Å². The Hall–Kier alpha value is -2.54. The Morgan fingerprint density at radius 2 is 1.91 bits per heavy atom. The average Bonchev–Trinajstić information content (AvgIpc) is 2.55. The fraction of sp³-hybridized carbons (Fsp3) is 0.125. The molecule has 0 aromatic heterocycles. The molecule has 0 fully saturated rings. The minimum Gasteiger partial charge on any atom is -0.326 e. The molecule has 1 amide bonds. The van der Waals surface area contributed by atoms with Gasteiger partial charge >= 0.3 is 0 Å². The molecule has 1 heterocycles. The average molecular weight is 333 g/mol. The molecule has 2 aromatic carbocycles. The molecule has 0 aliphatic carbocycles. The summed E-state index contributed by atoms with van der Waals surface area (Å²) in [7, 11) is -3.92. The Morgan fingerprint density at radius 1 is 1.17 bits per heavy atom. The third kappa shape index (κ3) is 2.63. The highest BCUT2D eigenvalue weighted by Crippen LogP contribution is 2.32.